The van der Waals surface area contributed by atoms with E-state index in [9.17, 15) is 0 Å². The van der Waals surface area contributed by atoms with Crippen molar-refractivity contribution in [1.82, 2.24) is 19.1 Å². The molecule has 11 aromatic rings. The van der Waals surface area contributed by atoms with Crippen molar-refractivity contribution in [3.63, 3.8) is 0 Å². The predicted octanol–water partition coefficient (Wildman–Crippen LogP) is 13.3. The summed E-state index contributed by atoms with van der Waals surface area (Å²) in [6.45, 7) is 0. The second-order valence-corrected chi connectivity index (χ2v) is 14.2. The van der Waals surface area contributed by atoms with Gasteiger partial charge in [0.15, 0.2) is 5.82 Å². The molecule has 0 atom stereocenters. The first-order chi connectivity index (χ1) is 27.8. The summed E-state index contributed by atoms with van der Waals surface area (Å²) in [5, 5.41) is 4.91. The largest absolute Gasteiger partial charge is 0.309 e. The molecule has 0 unspecified atom stereocenters. The molecule has 8 aromatic carbocycles. The Hall–Kier alpha value is -7.56. The van der Waals surface area contributed by atoms with Gasteiger partial charge in [0.1, 0.15) is 0 Å². The highest BCUT2D eigenvalue weighted by atomic mass is 15.0. The van der Waals surface area contributed by atoms with Gasteiger partial charge >= 0.3 is 0 Å². The van der Waals surface area contributed by atoms with E-state index in [0.29, 0.717) is 5.82 Å². The summed E-state index contributed by atoms with van der Waals surface area (Å²) < 4.78 is 4.75. The number of benzene rings is 8. The quantitative estimate of drug-likeness (QED) is 0.172. The van der Waals surface area contributed by atoms with Crippen molar-refractivity contribution in [3.05, 3.63) is 206 Å². The summed E-state index contributed by atoms with van der Waals surface area (Å²) >= 11 is 0. The molecule has 0 fully saturated rings. The Bertz CT molecular complexity index is 3170. The molecule has 0 spiro atoms. The van der Waals surface area contributed by atoms with Gasteiger partial charge in [0.2, 0.25) is 0 Å². The van der Waals surface area contributed by atoms with Gasteiger partial charge in [-0.25, -0.2) is 9.97 Å². The SMILES string of the molecule is c1ccc(-c2cc(-c3ccccc3)nc(-c3cccc(-n4c5ccccc5c5ccc(-c6ccc7c(c6)c6ccccc6n7-c6ccccc6)cc54)c3)n2)cc1. The summed E-state index contributed by atoms with van der Waals surface area (Å²) in [4.78, 5) is 10.3. The number of rotatable bonds is 6. The van der Waals surface area contributed by atoms with E-state index in [-0.39, 0.29) is 0 Å². The van der Waals surface area contributed by atoms with E-state index in [0.717, 1.165) is 50.5 Å². The van der Waals surface area contributed by atoms with Crippen LogP contribution in [0.3, 0.4) is 0 Å². The van der Waals surface area contributed by atoms with Crippen LogP contribution in [-0.4, -0.2) is 19.1 Å². The average Bonchev–Trinajstić information content (AvgIpc) is 3.79. The molecule has 0 saturated heterocycles. The van der Waals surface area contributed by atoms with Gasteiger partial charge in [-0.15, -0.1) is 0 Å². The highest BCUT2D eigenvalue weighted by Crippen LogP contribution is 2.39. The lowest BCUT2D eigenvalue weighted by Gasteiger charge is -2.12. The van der Waals surface area contributed by atoms with Crippen molar-refractivity contribution in [1.29, 1.82) is 0 Å². The molecule has 3 heterocycles. The van der Waals surface area contributed by atoms with Crippen molar-refractivity contribution < 1.29 is 0 Å². The Balaban J connectivity index is 1.08. The molecule has 0 N–H and O–H groups in total. The molecule has 0 aliphatic rings. The zero-order valence-corrected chi connectivity index (χ0v) is 30.4. The minimum atomic E-state index is 0.691. The van der Waals surface area contributed by atoms with Crippen LogP contribution in [0, 0.1) is 0 Å². The Morgan fingerprint density at radius 2 is 0.750 bits per heavy atom. The van der Waals surface area contributed by atoms with Crippen LogP contribution in [0.25, 0.3) is 100 Å². The minimum absolute atomic E-state index is 0.691. The summed E-state index contributed by atoms with van der Waals surface area (Å²) in [6.07, 6.45) is 0. The second-order valence-electron chi connectivity index (χ2n) is 14.2. The van der Waals surface area contributed by atoms with Crippen molar-refractivity contribution in [2.24, 2.45) is 0 Å². The summed E-state index contributed by atoms with van der Waals surface area (Å²) in [5.41, 5.74) is 14.1. The average molecular weight is 715 g/mol. The Kier molecular flexibility index (Phi) is 7.46. The van der Waals surface area contributed by atoms with E-state index >= 15 is 0 Å². The van der Waals surface area contributed by atoms with E-state index in [4.69, 9.17) is 9.97 Å². The molecule has 0 bridgehead atoms. The van der Waals surface area contributed by atoms with Crippen LogP contribution < -0.4 is 0 Å². The highest BCUT2D eigenvalue weighted by Gasteiger charge is 2.17. The molecular formula is C52H34N4. The fourth-order valence-electron chi connectivity index (χ4n) is 8.31. The number of hydrogen-bond donors (Lipinski definition) is 0. The molecule has 0 aliphatic heterocycles. The Morgan fingerprint density at radius 3 is 1.43 bits per heavy atom. The molecule has 0 aliphatic carbocycles. The fourth-order valence-corrected chi connectivity index (χ4v) is 8.31. The first-order valence-electron chi connectivity index (χ1n) is 19.0. The van der Waals surface area contributed by atoms with Crippen molar-refractivity contribution in [2.75, 3.05) is 0 Å². The fraction of sp³-hybridized carbons (Fsp3) is 0. The molecule has 0 radical (unpaired) electrons. The summed E-state index contributed by atoms with van der Waals surface area (Å²) in [5.74, 6) is 0.691. The number of nitrogens with zero attached hydrogens (tertiary/aromatic N) is 4. The maximum absolute atomic E-state index is 5.15. The van der Waals surface area contributed by atoms with Crippen molar-refractivity contribution in [3.8, 4) is 56.4 Å². The summed E-state index contributed by atoms with van der Waals surface area (Å²) in [7, 11) is 0. The predicted molar refractivity (Wildman–Crippen MR) is 232 cm³/mol. The Labute approximate surface area is 324 Å². The minimum Gasteiger partial charge on any atom is -0.309 e. The molecule has 11 rings (SSSR count). The zero-order valence-electron chi connectivity index (χ0n) is 30.4. The number of hydrogen-bond acceptors (Lipinski definition) is 2. The van der Waals surface area contributed by atoms with Gasteiger partial charge in [-0.3, -0.25) is 0 Å². The maximum atomic E-state index is 5.15. The third kappa shape index (κ3) is 5.31. The maximum Gasteiger partial charge on any atom is 0.160 e. The molecule has 262 valence electrons. The lowest BCUT2D eigenvalue weighted by Crippen LogP contribution is -1.98. The van der Waals surface area contributed by atoms with Crippen LogP contribution in [0.1, 0.15) is 0 Å². The first-order valence-corrected chi connectivity index (χ1v) is 19.0. The van der Waals surface area contributed by atoms with Gasteiger partial charge in [0, 0.05) is 49.6 Å². The third-order valence-electron chi connectivity index (χ3n) is 10.9. The lowest BCUT2D eigenvalue weighted by atomic mass is 10.0. The van der Waals surface area contributed by atoms with Gasteiger partial charge in [0.25, 0.3) is 0 Å². The van der Waals surface area contributed by atoms with Crippen LogP contribution in [-0.2, 0) is 0 Å². The number of fused-ring (bicyclic) bond motifs is 6. The first kappa shape index (κ1) is 31.9. The van der Waals surface area contributed by atoms with E-state index in [1.807, 2.05) is 12.1 Å². The van der Waals surface area contributed by atoms with Gasteiger partial charge in [-0.05, 0) is 71.8 Å². The van der Waals surface area contributed by atoms with Gasteiger partial charge in [-0.2, -0.15) is 0 Å². The standard InChI is InChI=1S/C52H34N4/c1-4-15-35(16-5-1)46-34-47(36-17-6-2-7-18-36)54-52(53-46)39-19-14-22-41(31-39)56-48-25-12-10-23-42(48)44-29-27-38(33-51(44)56)37-28-30-50-45(32-37)43-24-11-13-26-49(43)55(50)40-20-8-3-9-21-40/h1-34H. The van der Waals surface area contributed by atoms with Gasteiger partial charge in [0.05, 0.1) is 33.5 Å². The van der Waals surface area contributed by atoms with Crippen LogP contribution in [0.4, 0.5) is 0 Å². The van der Waals surface area contributed by atoms with Crippen LogP contribution >= 0.6 is 0 Å². The van der Waals surface area contributed by atoms with E-state index in [1.54, 1.807) is 0 Å². The molecule has 0 saturated carbocycles. The Morgan fingerprint density at radius 1 is 0.268 bits per heavy atom. The van der Waals surface area contributed by atoms with Crippen molar-refractivity contribution >= 4 is 43.6 Å². The number of aromatic nitrogens is 4. The summed E-state index contributed by atoms with van der Waals surface area (Å²) in [6, 6.07) is 73.2. The van der Waals surface area contributed by atoms with Crippen LogP contribution in [0.5, 0.6) is 0 Å². The van der Waals surface area contributed by atoms with E-state index < -0.39 is 0 Å². The smallest absolute Gasteiger partial charge is 0.160 e. The second kappa shape index (κ2) is 13.1. The topological polar surface area (TPSA) is 35.6 Å². The molecular weight excluding hydrogens is 681 g/mol. The monoisotopic (exact) mass is 714 g/mol. The van der Waals surface area contributed by atoms with E-state index in [2.05, 4.69) is 203 Å². The van der Waals surface area contributed by atoms with Crippen molar-refractivity contribution in [2.45, 2.75) is 0 Å². The van der Waals surface area contributed by atoms with E-state index in [1.165, 1.54) is 43.7 Å². The zero-order chi connectivity index (χ0) is 37.0. The van der Waals surface area contributed by atoms with Gasteiger partial charge < -0.3 is 9.13 Å². The molecule has 0 amide bonds. The van der Waals surface area contributed by atoms with Gasteiger partial charge in [-0.1, -0.05) is 146 Å². The molecule has 4 nitrogen and oxygen atoms in total. The lowest BCUT2D eigenvalue weighted by molar-refractivity contribution is 1.16. The molecule has 4 heteroatoms. The molecule has 3 aromatic heterocycles. The normalized spacial score (nSPS) is 11.6. The highest BCUT2D eigenvalue weighted by molar-refractivity contribution is 6.12. The number of para-hydroxylation sites is 3. The molecule has 56 heavy (non-hydrogen) atoms. The van der Waals surface area contributed by atoms with Crippen LogP contribution in [0.2, 0.25) is 0 Å². The third-order valence-corrected chi connectivity index (χ3v) is 10.9. The van der Waals surface area contributed by atoms with Crippen LogP contribution in [0.15, 0.2) is 206 Å².